The molecule has 0 unspecified atom stereocenters. The van der Waals surface area contributed by atoms with Crippen LogP contribution in [0.15, 0.2) is 11.0 Å². The maximum Gasteiger partial charge on any atom is 0.287 e. The van der Waals surface area contributed by atoms with Crippen LogP contribution in [0.1, 0.15) is 19.9 Å². The fraction of sp³-hybridized carbons (Fsp3) is 0.556. The summed E-state index contributed by atoms with van der Waals surface area (Å²) in [6, 6.07) is 0.00315. The monoisotopic (exact) mass is 230 g/mol. The van der Waals surface area contributed by atoms with E-state index < -0.39 is 0 Å². The molecule has 0 spiro atoms. The number of hydrogen-bond donors (Lipinski definition) is 1. The Hall–Kier alpha value is -1.07. The Balaban J connectivity index is 3.16. The number of aromatic nitrogens is 2. The molecular weight excluding hydrogens is 216 g/mol. The van der Waals surface area contributed by atoms with Crippen LogP contribution in [0.5, 0.6) is 0 Å². The molecule has 5 nitrogen and oxygen atoms in total. The number of halogens is 1. The third-order valence-corrected chi connectivity index (χ3v) is 2.14. The van der Waals surface area contributed by atoms with Gasteiger partial charge in [0, 0.05) is 14.1 Å². The Kier molecular flexibility index (Phi) is 3.71. The number of anilines is 1. The van der Waals surface area contributed by atoms with Gasteiger partial charge in [0.25, 0.3) is 5.56 Å². The fourth-order valence-electron chi connectivity index (χ4n) is 1.13. The molecule has 0 saturated heterocycles. The van der Waals surface area contributed by atoms with Crippen LogP contribution in [0, 0.1) is 0 Å². The van der Waals surface area contributed by atoms with E-state index in [1.165, 1.54) is 4.68 Å². The Morgan fingerprint density at radius 3 is 2.60 bits per heavy atom. The summed E-state index contributed by atoms with van der Waals surface area (Å²) in [7, 11) is 3.62. The van der Waals surface area contributed by atoms with Crippen molar-refractivity contribution < 1.29 is 0 Å². The van der Waals surface area contributed by atoms with E-state index in [1.807, 2.05) is 27.9 Å². The number of hydrogen-bond acceptors (Lipinski definition) is 4. The second-order valence-electron chi connectivity index (χ2n) is 3.72. The van der Waals surface area contributed by atoms with E-state index in [0.29, 0.717) is 5.69 Å². The molecule has 1 aromatic heterocycles. The molecule has 0 fully saturated rings. The van der Waals surface area contributed by atoms with Gasteiger partial charge in [0.05, 0.1) is 17.9 Å². The number of hydrazine groups is 1. The van der Waals surface area contributed by atoms with Crippen LogP contribution in [0.2, 0.25) is 5.02 Å². The largest absolute Gasteiger partial charge is 0.316 e. The summed E-state index contributed by atoms with van der Waals surface area (Å²) in [4.78, 5) is 11.7. The fourth-order valence-corrected chi connectivity index (χ4v) is 1.31. The van der Waals surface area contributed by atoms with Crippen molar-refractivity contribution in [2.45, 2.75) is 19.9 Å². The lowest BCUT2D eigenvalue weighted by Crippen LogP contribution is -2.28. The molecule has 0 aliphatic carbocycles. The van der Waals surface area contributed by atoms with E-state index in [4.69, 9.17) is 11.6 Å². The van der Waals surface area contributed by atoms with Gasteiger partial charge < -0.3 is 5.43 Å². The van der Waals surface area contributed by atoms with E-state index in [-0.39, 0.29) is 16.6 Å². The normalized spacial score (nSPS) is 11.1. The highest BCUT2D eigenvalue weighted by Gasteiger charge is 2.11. The zero-order valence-electron chi connectivity index (χ0n) is 9.28. The Bertz CT molecular complexity index is 400. The van der Waals surface area contributed by atoms with Crippen LogP contribution < -0.4 is 11.0 Å². The Labute approximate surface area is 93.6 Å². The average Bonchev–Trinajstić information content (AvgIpc) is 2.12. The Morgan fingerprint density at radius 2 is 2.13 bits per heavy atom. The molecule has 0 saturated carbocycles. The minimum atomic E-state index is -0.279. The first-order valence-corrected chi connectivity index (χ1v) is 5.02. The SMILES string of the molecule is CC(C)n1ncc(NN(C)C)c(Cl)c1=O. The summed E-state index contributed by atoms with van der Waals surface area (Å²) >= 11 is 5.92. The second kappa shape index (κ2) is 4.63. The van der Waals surface area contributed by atoms with Gasteiger partial charge in [-0.1, -0.05) is 11.6 Å². The third-order valence-electron chi connectivity index (χ3n) is 1.78. The van der Waals surface area contributed by atoms with Crippen molar-refractivity contribution >= 4 is 17.3 Å². The predicted molar refractivity (Wildman–Crippen MR) is 61.2 cm³/mol. The van der Waals surface area contributed by atoms with Crippen LogP contribution >= 0.6 is 11.6 Å². The zero-order valence-corrected chi connectivity index (χ0v) is 10.0. The zero-order chi connectivity index (χ0) is 11.6. The molecule has 84 valence electrons. The van der Waals surface area contributed by atoms with E-state index in [1.54, 1.807) is 11.2 Å². The molecule has 0 radical (unpaired) electrons. The van der Waals surface area contributed by atoms with Gasteiger partial charge in [0.1, 0.15) is 5.02 Å². The number of nitrogens with zero attached hydrogens (tertiary/aromatic N) is 3. The highest BCUT2D eigenvalue weighted by molar-refractivity contribution is 6.32. The van der Waals surface area contributed by atoms with Gasteiger partial charge in [-0.05, 0) is 13.8 Å². The van der Waals surface area contributed by atoms with Gasteiger partial charge in [-0.25, -0.2) is 9.69 Å². The smallest absolute Gasteiger partial charge is 0.287 e. The summed E-state index contributed by atoms with van der Waals surface area (Å²) in [6.07, 6.45) is 1.55. The van der Waals surface area contributed by atoms with Gasteiger partial charge in [0.2, 0.25) is 0 Å². The van der Waals surface area contributed by atoms with Crippen LogP contribution in [0.3, 0.4) is 0 Å². The molecule has 0 aliphatic rings. The van der Waals surface area contributed by atoms with E-state index in [9.17, 15) is 4.79 Å². The lowest BCUT2D eigenvalue weighted by molar-refractivity contribution is 0.484. The first-order chi connectivity index (χ1) is 6.93. The van der Waals surface area contributed by atoms with E-state index in [0.717, 1.165) is 0 Å². The van der Waals surface area contributed by atoms with Crippen LogP contribution in [0.4, 0.5) is 5.69 Å². The van der Waals surface area contributed by atoms with Gasteiger partial charge in [0.15, 0.2) is 0 Å². The molecule has 0 aliphatic heterocycles. The standard InChI is InChI=1S/C9H15ClN4O/c1-6(2)14-9(15)8(10)7(5-11-14)12-13(3)4/h5-6,12H,1-4H3. The first-order valence-electron chi connectivity index (χ1n) is 4.64. The summed E-state index contributed by atoms with van der Waals surface area (Å²) in [5.41, 5.74) is 3.14. The second-order valence-corrected chi connectivity index (χ2v) is 4.10. The predicted octanol–water partition coefficient (Wildman–Crippen LogP) is 1.37. The molecule has 1 N–H and O–H groups in total. The molecule has 1 rings (SSSR count). The lowest BCUT2D eigenvalue weighted by atomic mass is 10.4. The number of nitrogens with one attached hydrogen (secondary N) is 1. The summed E-state index contributed by atoms with van der Waals surface area (Å²) in [5.74, 6) is 0. The maximum absolute atomic E-state index is 11.7. The minimum Gasteiger partial charge on any atom is -0.316 e. The van der Waals surface area contributed by atoms with E-state index in [2.05, 4.69) is 10.5 Å². The number of rotatable bonds is 3. The molecular formula is C9H15ClN4O. The van der Waals surface area contributed by atoms with Crippen LogP contribution in [0.25, 0.3) is 0 Å². The third kappa shape index (κ3) is 2.70. The highest BCUT2D eigenvalue weighted by atomic mass is 35.5. The summed E-state index contributed by atoms with van der Waals surface area (Å²) < 4.78 is 1.35. The average molecular weight is 231 g/mol. The van der Waals surface area contributed by atoms with Crippen molar-refractivity contribution in [1.82, 2.24) is 14.8 Å². The molecule has 0 aromatic carbocycles. The molecule has 1 heterocycles. The Morgan fingerprint density at radius 1 is 1.53 bits per heavy atom. The van der Waals surface area contributed by atoms with Gasteiger partial charge >= 0.3 is 0 Å². The van der Waals surface area contributed by atoms with Crippen molar-refractivity contribution in [2.75, 3.05) is 19.5 Å². The lowest BCUT2D eigenvalue weighted by Gasteiger charge is -2.15. The molecule has 0 amide bonds. The molecule has 6 heteroatoms. The molecule has 15 heavy (non-hydrogen) atoms. The molecule has 0 atom stereocenters. The first kappa shape index (κ1) is 12.0. The van der Waals surface area contributed by atoms with Gasteiger partial charge in [-0.3, -0.25) is 4.79 Å². The van der Waals surface area contributed by atoms with E-state index >= 15 is 0 Å². The van der Waals surface area contributed by atoms with Crippen molar-refractivity contribution in [3.05, 3.63) is 21.6 Å². The van der Waals surface area contributed by atoms with Gasteiger partial charge in [-0.15, -0.1) is 0 Å². The molecule has 1 aromatic rings. The van der Waals surface area contributed by atoms with Crippen molar-refractivity contribution in [1.29, 1.82) is 0 Å². The van der Waals surface area contributed by atoms with Crippen LogP contribution in [-0.2, 0) is 0 Å². The van der Waals surface area contributed by atoms with Crippen molar-refractivity contribution in [3.8, 4) is 0 Å². The summed E-state index contributed by atoms with van der Waals surface area (Å²) in [6.45, 7) is 3.76. The minimum absolute atomic E-state index is 0.00315. The van der Waals surface area contributed by atoms with Crippen LogP contribution in [-0.4, -0.2) is 28.9 Å². The van der Waals surface area contributed by atoms with Crippen molar-refractivity contribution in [2.24, 2.45) is 0 Å². The molecule has 0 bridgehead atoms. The highest BCUT2D eigenvalue weighted by Crippen LogP contribution is 2.16. The topological polar surface area (TPSA) is 50.2 Å². The maximum atomic E-state index is 11.7. The quantitative estimate of drug-likeness (QED) is 0.797. The van der Waals surface area contributed by atoms with Crippen molar-refractivity contribution in [3.63, 3.8) is 0 Å². The summed E-state index contributed by atoms with van der Waals surface area (Å²) in [5, 5.41) is 5.88. The van der Waals surface area contributed by atoms with Gasteiger partial charge in [-0.2, -0.15) is 5.10 Å².